The van der Waals surface area contributed by atoms with Gasteiger partial charge in [0.1, 0.15) is 0 Å². The molecule has 3 N–H and O–H groups in total. The van der Waals surface area contributed by atoms with Crippen LogP contribution in [-0.2, 0) is 16.1 Å². The van der Waals surface area contributed by atoms with Crippen molar-refractivity contribution < 1.29 is 14.7 Å². The standard InChI is InChI=1S/C26H31N5O3S/c1-18(32)27-20-8-9-21-22(14-20)35-25(28-21)29-24(34)17-30-13-11-26(23(33)16-30)10-5-12-31(26)15-19-6-3-2-4-7-19/h2-4,6-9,14,23,33H,5,10-13,15-17H2,1H3,(H,27,32)(H,28,29,34)/t23-,26-/m0/s1. The molecule has 35 heavy (non-hydrogen) atoms. The smallest absolute Gasteiger partial charge is 0.240 e. The number of hydrogen-bond acceptors (Lipinski definition) is 7. The molecule has 0 radical (unpaired) electrons. The summed E-state index contributed by atoms with van der Waals surface area (Å²) in [7, 11) is 0. The Morgan fingerprint density at radius 1 is 1.14 bits per heavy atom. The Bertz CT molecular complexity index is 1220. The van der Waals surface area contributed by atoms with E-state index in [-0.39, 0.29) is 23.9 Å². The number of nitrogens with one attached hydrogen (secondary N) is 2. The largest absolute Gasteiger partial charge is 0.390 e. The number of thiazole rings is 1. The number of carbonyl (C=O) groups is 2. The maximum Gasteiger partial charge on any atom is 0.240 e. The summed E-state index contributed by atoms with van der Waals surface area (Å²) in [4.78, 5) is 33.0. The number of nitrogens with zero attached hydrogens (tertiary/aromatic N) is 3. The second-order valence-corrected chi connectivity index (χ2v) is 10.6. The van der Waals surface area contributed by atoms with Gasteiger partial charge in [-0.05, 0) is 49.6 Å². The Balaban J connectivity index is 1.18. The Hall–Kier alpha value is -2.85. The van der Waals surface area contributed by atoms with Gasteiger partial charge in [0, 0.05) is 37.8 Å². The Kier molecular flexibility index (Phi) is 6.84. The van der Waals surface area contributed by atoms with Gasteiger partial charge in [-0.15, -0.1) is 0 Å². The lowest BCUT2D eigenvalue weighted by atomic mass is 9.82. The van der Waals surface area contributed by atoms with E-state index in [0.717, 1.165) is 49.1 Å². The van der Waals surface area contributed by atoms with Crippen molar-refractivity contribution in [2.75, 3.05) is 36.8 Å². The number of fused-ring (bicyclic) bond motifs is 1. The van der Waals surface area contributed by atoms with Crippen molar-refractivity contribution in [2.45, 2.75) is 44.4 Å². The Labute approximate surface area is 208 Å². The van der Waals surface area contributed by atoms with E-state index in [9.17, 15) is 14.7 Å². The lowest BCUT2D eigenvalue weighted by Crippen LogP contribution is -2.61. The van der Waals surface area contributed by atoms with E-state index >= 15 is 0 Å². The zero-order valence-electron chi connectivity index (χ0n) is 19.9. The fraction of sp³-hybridized carbons (Fsp3) is 0.423. The fourth-order valence-corrected chi connectivity index (χ4v) is 6.37. The summed E-state index contributed by atoms with van der Waals surface area (Å²) in [6, 6.07) is 15.9. The van der Waals surface area contributed by atoms with Crippen LogP contribution in [0.15, 0.2) is 48.5 Å². The molecule has 3 aromatic rings. The van der Waals surface area contributed by atoms with Gasteiger partial charge in [0.15, 0.2) is 5.13 Å². The molecule has 8 nitrogen and oxygen atoms in total. The molecule has 0 bridgehead atoms. The second kappa shape index (κ2) is 10.0. The number of benzene rings is 2. The van der Waals surface area contributed by atoms with E-state index in [0.29, 0.717) is 17.4 Å². The van der Waals surface area contributed by atoms with Crippen molar-refractivity contribution in [3.63, 3.8) is 0 Å². The van der Waals surface area contributed by atoms with Gasteiger partial charge in [-0.1, -0.05) is 41.7 Å². The van der Waals surface area contributed by atoms with Gasteiger partial charge in [0.05, 0.1) is 22.9 Å². The molecule has 2 saturated heterocycles. The molecule has 1 spiro atoms. The zero-order valence-corrected chi connectivity index (χ0v) is 20.7. The molecule has 2 amide bonds. The van der Waals surface area contributed by atoms with E-state index in [2.05, 4.69) is 44.8 Å². The lowest BCUT2D eigenvalue weighted by Gasteiger charge is -2.48. The van der Waals surface area contributed by atoms with Crippen LogP contribution in [0, 0.1) is 0 Å². The second-order valence-electron chi connectivity index (χ2n) is 9.55. The van der Waals surface area contributed by atoms with Crippen LogP contribution in [0.1, 0.15) is 31.7 Å². The summed E-state index contributed by atoms with van der Waals surface area (Å²) in [5, 5.41) is 17.4. The summed E-state index contributed by atoms with van der Waals surface area (Å²) in [5.41, 5.74) is 2.54. The van der Waals surface area contributed by atoms with Crippen molar-refractivity contribution in [1.82, 2.24) is 14.8 Å². The molecule has 2 aliphatic rings. The predicted octanol–water partition coefficient (Wildman–Crippen LogP) is 3.29. The van der Waals surface area contributed by atoms with Crippen molar-refractivity contribution in [1.29, 1.82) is 0 Å². The number of aliphatic hydroxyl groups excluding tert-OH is 1. The molecule has 0 saturated carbocycles. The number of β-amino-alcohol motifs (C(OH)–C–C–N with tert-alkyl or cyclic N) is 1. The molecule has 9 heteroatoms. The molecule has 2 atom stereocenters. The van der Waals surface area contributed by atoms with Crippen molar-refractivity contribution >= 4 is 44.2 Å². The van der Waals surface area contributed by atoms with Crippen LogP contribution in [-0.4, -0.2) is 69.5 Å². The number of hydrogen-bond donors (Lipinski definition) is 3. The summed E-state index contributed by atoms with van der Waals surface area (Å²) in [6.45, 7) is 4.79. The Morgan fingerprint density at radius 3 is 2.74 bits per heavy atom. The molecule has 2 aliphatic heterocycles. The van der Waals surface area contributed by atoms with Crippen LogP contribution in [0.3, 0.4) is 0 Å². The van der Waals surface area contributed by atoms with E-state index in [1.165, 1.54) is 23.8 Å². The first-order valence-electron chi connectivity index (χ1n) is 12.1. The minimum absolute atomic E-state index is 0.131. The van der Waals surface area contributed by atoms with Gasteiger partial charge in [-0.25, -0.2) is 4.98 Å². The zero-order chi connectivity index (χ0) is 24.4. The quantitative estimate of drug-likeness (QED) is 0.488. The van der Waals surface area contributed by atoms with Gasteiger partial charge in [-0.2, -0.15) is 0 Å². The molecule has 1 aromatic heterocycles. The molecule has 0 aliphatic carbocycles. The molecular formula is C26H31N5O3S. The van der Waals surface area contributed by atoms with Crippen molar-refractivity contribution in [2.24, 2.45) is 0 Å². The maximum atomic E-state index is 12.8. The fourth-order valence-electron chi connectivity index (χ4n) is 5.45. The number of rotatable bonds is 6. The number of aromatic nitrogens is 1. The van der Waals surface area contributed by atoms with Gasteiger partial charge in [0.25, 0.3) is 0 Å². The molecule has 2 fully saturated rings. The molecule has 2 aromatic carbocycles. The summed E-state index contributed by atoms with van der Waals surface area (Å²) >= 11 is 1.38. The average molecular weight is 494 g/mol. The highest BCUT2D eigenvalue weighted by Crippen LogP contribution is 2.39. The first kappa shape index (κ1) is 23.9. The monoisotopic (exact) mass is 493 g/mol. The van der Waals surface area contributed by atoms with E-state index in [4.69, 9.17) is 0 Å². The first-order chi connectivity index (χ1) is 16.9. The highest BCUT2D eigenvalue weighted by molar-refractivity contribution is 7.22. The minimum Gasteiger partial charge on any atom is -0.390 e. The molecular weight excluding hydrogens is 462 g/mol. The number of carbonyl (C=O) groups excluding carboxylic acids is 2. The minimum atomic E-state index is -0.495. The van der Waals surface area contributed by atoms with Gasteiger partial charge < -0.3 is 15.7 Å². The topological polar surface area (TPSA) is 97.8 Å². The van der Waals surface area contributed by atoms with E-state index in [1.54, 1.807) is 6.07 Å². The summed E-state index contributed by atoms with van der Waals surface area (Å²) in [6.07, 6.45) is 2.44. The third-order valence-corrected chi connectivity index (χ3v) is 8.05. The third-order valence-electron chi connectivity index (χ3n) is 7.12. The number of amides is 2. The van der Waals surface area contributed by atoms with Crippen LogP contribution in [0.4, 0.5) is 10.8 Å². The molecule has 5 rings (SSSR count). The Morgan fingerprint density at radius 2 is 1.97 bits per heavy atom. The van der Waals surface area contributed by atoms with Gasteiger partial charge in [-0.3, -0.25) is 19.4 Å². The van der Waals surface area contributed by atoms with E-state index in [1.807, 2.05) is 23.1 Å². The van der Waals surface area contributed by atoms with Crippen molar-refractivity contribution in [3.8, 4) is 0 Å². The normalized spacial score (nSPS) is 23.1. The molecule has 184 valence electrons. The highest BCUT2D eigenvalue weighted by atomic mass is 32.1. The third kappa shape index (κ3) is 5.23. The van der Waals surface area contributed by atoms with Crippen LogP contribution in [0.2, 0.25) is 0 Å². The maximum absolute atomic E-state index is 12.8. The van der Waals surface area contributed by atoms with Gasteiger partial charge in [0.2, 0.25) is 11.8 Å². The SMILES string of the molecule is CC(=O)Nc1ccc2nc(NC(=O)CN3CC[C@@]4(CCCN4Cc4ccccc4)[C@@H](O)C3)sc2c1. The summed E-state index contributed by atoms with van der Waals surface area (Å²) in [5.74, 6) is -0.268. The first-order valence-corrected chi connectivity index (χ1v) is 12.9. The lowest BCUT2D eigenvalue weighted by molar-refractivity contribution is -0.120. The number of piperidine rings is 1. The van der Waals surface area contributed by atoms with Crippen LogP contribution >= 0.6 is 11.3 Å². The van der Waals surface area contributed by atoms with Crippen LogP contribution in [0.5, 0.6) is 0 Å². The highest BCUT2D eigenvalue weighted by Gasteiger charge is 2.49. The van der Waals surface area contributed by atoms with E-state index < -0.39 is 6.10 Å². The van der Waals surface area contributed by atoms with Crippen LogP contribution < -0.4 is 10.6 Å². The van der Waals surface area contributed by atoms with Gasteiger partial charge >= 0.3 is 0 Å². The molecule has 3 heterocycles. The summed E-state index contributed by atoms with van der Waals surface area (Å²) < 4.78 is 0.890. The number of aliphatic hydroxyl groups is 1. The average Bonchev–Trinajstić information content (AvgIpc) is 3.40. The van der Waals surface area contributed by atoms with Crippen molar-refractivity contribution in [3.05, 3.63) is 54.1 Å². The number of anilines is 2. The number of likely N-dealkylation sites (tertiary alicyclic amines) is 2. The van der Waals surface area contributed by atoms with Crippen LogP contribution in [0.25, 0.3) is 10.2 Å². The predicted molar refractivity (Wildman–Crippen MR) is 138 cm³/mol. The molecule has 0 unspecified atom stereocenters.